The molecule has 0 bridgehead atoms. The Kier molecular flexibility index (Phi) is 6.31. The molecular weight excluding hydrogens is 409 g/mol. The fraction of sp³-hybridized carbons (Fsp3) is 0.154. The SMILES string of the molecule is O=C(O)C1=C(C(=O)Nc2ccc(-c3ccccc3OCc3ccccc3)cc2F)CCC1. The standard InChI is InChI=1S/C26H22FNO4/c27-22-15-18(13-14-23(22)28-25(29)20-10-6-11-21(20)26(30)31)19-9-4-5-12-24(19)32-16-17-7-2-1-3-8-17/h1-5,7-9,12-15H,6,10-11,16H2,(H,28,29)(H,30,31). The van der Waals surface area contributed by atoms with Gasteiger partial charge in [0.15, 0.2) is 0 Å². The van der Waals surface area contributed by atoms with Crippen LogP contribution in [0.1, 0.15) is 24.8 Å². The van der Waals surface area contributed by atoms with Crippen LogP contribution in [-0.4, -0.2) is 17.0 Å². The number of amides is 1. The molecular formula is C26H22FNO4. The van der Waals surface area contributed by atoms with Crippen LogP contribution in [0.5, 0.6) is 5.75 Å². The smallest absolute Gasteiger partial charge is 0.332 e. The van der Waals surface area contributed by atoms with Crippen LogP contribution < -0.4 is 10.1 Å². The molecule has 6 heteroatoms. The molecule has 0 fully saturated rings. The van der Waals surface area contributed by atoms with Crippen molar-refractivity contribution in [1.82, 2.24) is 0 Å². The first-order valence-corrected chi connectivity index (χ1v) is 10.4. The summed E-state index contributed by atoms with van der Waals surface area (Å²) in [5.74, 6) is -1.66. The van der Waals surface area contributed by atoms with E-state index in [2.05, 4.69) is 5.32 Å². The third kappa shape index (κ3) is 4.70. The van der Waals surface area contributed by atoms with Gasteiger partial charge in [-0.2, -0.15) is 0 Å². The minimum atomic E-state index is -1.10. The molecule has 1 aliphatic rings. The minimum Gasteiger partial charge on any atom is -0.488 e. The average Bonchev–Trinajstić information content (AvgIpc) is 3.31. The number of anilines is 1. The number of carbonyl (C=O) groups is 2. The summed E-state index contributed by atoms with van der Waals surface area (Å²) in [5.41, 5.74) is 2.67. The Morgan fingerprint density at radius 2 is 1.66 bits per heavy atom. The second-order valence-electron chi connectivity index (χ2n) is 7.53. The van der Waals surface area contributed by atoms with Crippen LogP contribution in [0, 0.1) is 5.82 Å². The van der Waals surface area contributed by atoms with Crippen molar-refractivity contribution in [3.63, 3.8) is 0 Å². The van der Waals surface area contributed by atoms with Crippen molar-refractivity contribution < 1.29 is 23.8 Å². The Balaban J connectivity index is 1.53. The fourth-order valence-electron chi connectivity index (χ4n) is 3.78. The summed E-state index contributed by atoms with van der Waals surface area (Å²) in [6.45, 7) is 0.384. The van der Waals surface area contributed by atoms with E-state index in [-0.39, 0.29) is 16.8 Å². The Morgan fingerprint density at radius 1 is 0.938 bits per heavy atom. The van der Waals surface area contributed by atoms with Crippen molar-refractivity contribution in [2.45, 2.75) is 25.9 Å². The molecule has 2 N–H and O–H groups in total. The molecule has 1 aliphatic carbocycles. The van der Waals surface area contributed by atoms with Gasteiger partial charge in [0, 0.05) is 16.7 Å². The Hall–Kier alpha value is -3.93. The van der Waals surface area contributed by atoms with Crippen molar-refractivity contribution in [3.05, 3.63) is 95.3 Å². The predicted octanol–water partition coefficient (Wildman–Crippen LogP) is 5.58. The number of benzene rings is 3. The maximum atomic E-state index is 14.8. The fourth-order valence-corrected chi connectivity index (χ4v) is 3.78. The highest BCUT2D eigenvalue weighted by molar-refractivity contribution is 6.09. The van der Waals surface area contributed by atoms with Crippen molar-refractivity contribution in [3.8, 4) is 16.9 Å². The van der Waals surface area contributed by atoms with E-state index in [1.165, 1.54) is 12.1 Å². The molecule has 0 saturated heterocycles. The van der Waals surface area contributed by atoms with E-state index in [4.69, 9.17) is 4.74 Å². The maximum Gasteiger partial charge on any atom is 0.332 e. The highest BCUT2D eigenvalue weighted by Crippen LogP contribution is 2.33. The van der Waals surface area contributed by atoms with Gasteiger partial charge in [0.1, 0.15) is 18.2 Å². The molecule has 0 atom stereocenters. The molecule has 0 aromatic heterocycles. The van der Waals surface area contributed by atoms with Crippen LogP contribution in [0.2, 0.25) is 0 Å². The van der Waals surface area contributed by atoms with Crippen LogP contribution in [-0.2, 0) is 16.2 Å². The molecule has 0 spiro atoms. The van der Waals surface area contributed by atoms with Crippen LogP contribution >= 0.6 is 0 Å². The molecule has 1 amide bonds. The normalized spacial score (nSPS) is 13.2. The van der Waals surface area contributed by atoms with Gasteiger partial charge >= 0.3 is 5.97 Å². The van der Waals surface area contributed by atoms with Crippen LogP contribution in [0.15, 0.2) is 83.9 Å². The Morgan fingerprint density at radius 3 is 2.41 bits per heavy atom. The largest absolute Gasteiger partial charge is 0.488 e. The third-order valence-corrected chi connectivity index (χ3v) is 5.40. The Labute approximate surface area is 185 Å². The van der Waals surface area contributed by atoms with Gasteiger partial charge in [-0.3, -0.25) is 4.79 Å². The summed E-state index contributed by atoms with van der Waals surface area (Å²) in [5, 5.41) is 11.7. The zero-order valence-electron chi connectivity index (χ0n) is 17.3. The molecule has 3 aromatic carbocycles. The van der Waals surface area contributed by atoms with Gasteiger partial charge in [-0.1, -0.05) is 54.6 Å². The van der Waals surface area contributed by atoms with Crippen molar-refractivity contribution in [2.24, 2.45) is 0 Å². The molecule has 5 nitrogen and oxygen atoms in total. The monoisotopic (exact) mass is 431 g/mol. The molecule has 0 unspecified atom stereocenters. The lowest BCUT2D eigenvalue weighted by molar-refractivity contribution is -0.133. The first kappa shape index (κ1) is 21.3. The van der Waals surface area contributed by atoms with Crippen molar-refractivity contribution in [2.75, 3.05) is 5.32 Å². The summed E-state index contributed by atoms with van der Waals surface area (Å²) in [4.78, 5) is 23.8. The molecule has 0 radical (unpaired) electrons. The summed E-state index contributed by atoms with van der Waals surface area (Å²) in [6.07, 6.45) is 1.32. The van der Waals surface area contributed by atoms with Crippen molar-refractivity contribution in [1.29, 1.82) is 0 Å². The first-order valence-electron chi connectivity index (χ1n) is 10.4. The van der Waals surface area contributed by atoms with Gasteiger partial charge in [0.05, 0.1) is 5.69 Å². The number of nitrogens with one attached hydrogen (secondary N) is 1. The lowest BCUT2D eigenvalue weighted by Gasteiger charge is -2.13. The number of carboxylic acids is 1. The molecule has 0 saturated carbocycles. The summed E-state index contributed by atoms with van der Waals surface area (Å²) in [6, 6.07) is 21.6. The molecule has 4 rings (SSSR count). The topological polar surface area (TPSA) is 75.6 Å². The lowest BCUT2D eigenvalue weighted by atomic mass is 10.0. The van der Waals surface area contributed by atoms with Gasteiger partial charge in [0.2, 0.25) is 0 Å². The number of halogens is 1. The van der Waals surface area contributed by atoms with Crippen molar-refractivity contribution >= 4 is 17.6 Å². The summed E-state index contributed by atoms with van der Waals surface area (Å²) in [7, 11) is 0. The average molecular weight is 431 g/mol. The number of aliphatic carboxylic acids is 1. The van der Waals surface area contributed by atoms with E-state index in [9.17, 15) is 19.1 Å². The number of ether oxygens (including phenoxy) is 1. The number of carboxylic acid groups (broad SMARTS) is 1. The quantitative estimate of drug-likeness (QED) is 0.512. The van der Waals surface area contributed by atoms with E-state index in [0.717, 1.165) is 11.1 Å². The highest BCUT2D eigenvalue weighted by Gasteiger charge is 2.25. The lowest BCUT2D eigenvalue weighted by Crippen LogP contribution is -2.17. The summed E-state index contributed by atoms with van der Waals surface area (Å²) < 4.78 is 20.8. The Bertz CT molecular complexity index is 1190. The molecule has 0 heterocycles. The number of hydrogen-bond donors (Lipinski definition) is 2. The highest BCUT2D eigenvalue weighted by atomic mass is 19.1. The van der Waals surface area contributed by atoms with E-state index in [0.29, 0.717) is 37.2 Å². The number of rotatable bonds is 7. The van der Waals surface area contributed by atoms with Crippen LogP contribution in [0.3, 0.4) is 0 Å². The van der Waals surface area contributed by atoms with Gasteiger partial charge in [-0.15, -0.1) is 0 Å². The first-order chi connectivity index (χ1) is 15.5. The van der Waals surface area contributed by atoms with E-state index in [1.54, 1.807) is 6.07 Å². The third-order valence-electron chi connectivity index (χ3n) is 5.40. The molecule has 0 aliphatic heterocycles. The maximum absolute atomic E-state index is 14.8. The zero-order valence-corrected chi connectivity index (χ0v) is 17.3. The number of hydrogen-bond acceptors (Lipinski definition) is 3. The number of para-hydroxylation sites is 1. The zero-order chi connectivity index (χ0) is 22.5. The van der Waals surface area contributed by atoms with E-state index < -0.39 is 17.7 Å². The minimum absolute atomic E-state index is 0.00516. The van der Waals surface area contributed by atoms with E-state index in [1.807, 2.05) is 54.6 Å². The molecule has 32 heavy (non-hydrogen) atoms. The second kappa shape index (κ2) is 9.47. The second-order valence-corrected chi connectivity index (χ2v) is 7.53. The summed E-state index contributed by atoms with van der Waals surface area (Å²) >= 11 is 0. The van der Waals surface area contributed by atoms with Gasteiger partial charge in [-0.25, -0.2) is 9.18 Å². The van der Waals surface area contributed by atoms with Gasteiger partial charge < -0.3 is 15.2 Å². The van der Waals surface area contributed by atoms with Gasteiger partial charge in [0.25, 0.3) is 5.91 Å². The van der Waals surface area contributed by atoms with E-state index >= 15 is 0 Å². The predicted molar refractivity (Wildman–Crippen MR) is 120 cm³/mol. The van der Waals surface area contributed by atoms with Gasteiger partial charge in [-0.05, 0) is 48.6 Å². The van der Waals surface area contributed by atoms with Crippen LogP contribution in [0.4, 0.5) is 10.1 Å². The molecule has 3 aromatic rings. The molecule has 162 valence electrons. The van der Waals surface area contributed by atoms with Crippen LogP contribution in [0.25, 0.3) is 11.1 Å². The number of carbonyl (C=O) groups excluding carboxylic acids is 1.